The average molecular weight is 404 g/mol. The largest absolute Gasteiger partial charge is 0.497 e. The van der Waals surface area contributed by atoms with Crippen LogP contribution in [0.15, 0.2) is 29.3 Å². The molecule has 0 saturated carbocycles. The highest BCUT2D eigenvalue weighted by molar-refractivity contribution is 5.85. The van der Waals surface area contributed by atoms with Crippen molar-refractivity contribution in [1.82, 2.24) is 20.9 Å². The van der Waals surface area contributed by atoms with Crippen molar-refractivity contribution in [1.29, 1.82) is 0 Å². The summed E-state index contributed by atoms with van der Waals surface area (Å²) in [4.78, 5) is 19.1. The second-order valence-corrected chi connectivity index (χ2v) is 8.41. The highest BCUT2D eigenvalue weighted by Crippen LogP contribution is 2.27. The van der Waals surface area contributed by atoms with Gasteiger partial charge in [-0.15, -0.1) is 0 Å². The monoisotopic (exact) mass is 403 g/mol. The number of likely N-dealkylation sites (tertiary alicyclic amines) is 1. The lowest BCUT2D eigenvalue weighted by atomic mass is 10.1. The van der Waals surface area contributed by atoms with Crippen LogP contribution >= 0.6 is 0 Å². The van der Waals surface area contributed by atoms with Gasteiger partial charge in [0.15, 0.2) is 5.96 Å². The Hall–Kier alpha value is -2.28. The van der Waals surface area contributed by atoms with E-state index in [9.17, 15) is 4.79 Å². The molecule has 1 heterocycles. The molecule has 29 heavy (non-hydrogen) atoms. The highest BCUT2D eigenvalue weighted by atomic mass is 16.5. The van der Waals surface area contributed by atoms with Gasteiger partial charge in [-0.05, 0) is 71.3 Å². The van der Waals surface area contributed by atoms with Crippen LogP contribution in [-0.4, -0.2) is 62.1 Å². The van der Waals surface area contributed by atoms with Crippen molar-refractivity contribution in [2.45, 2.75) is 52.1 Å². The average Bonchev–Trinajstić information content (AvgIpc) is 3.19. The van der Waals surface area contributed by atoms with Gasteiger partial charge in [0, 0.05) is 18.6 Å². The zero-order chi connectivity index (χ0) is 21.3. The first-order valence-corrected chi connectivity index (χ1v) is 10.5. The van der Waals surface area contributed by atoms with E-state index in [1.807, 2.05) is 39.8 Å². The van der Waals surface area contributed by atoms with Gasteiger partial charge in [-0.1, -0.05) is 12.1 Å². The van der Waals surface area contributed by atoms with Crippen LogP contribution in [-0.2, 0) is 4.79 Å². The van der Waals surface area contributed by atoms with Crippen molar-refractivity contribution in [3.8, 4) is 5.75 Å². The SMILES string of the molecule is CCNC(=NCC(=O)NC(C)(C)C)NCC(c1cccc(OC)c1)N1CCCC1. The molecule has 1 saturated heterocycles. The lowest BCUT2D eigenvalue weighted by molar-refractivity contribution is -0.121. The molecule has 1 aromatic carbocycles. The van der Waals surface area contributed by atoms with Gasteiger partial charge in [-0.3, -0.25) is 9.69 Å². The second kappa shape index (κ2) is 11.0. The van der Waals surface area contributed by atoms with Gasteiger partial charge in [0.05, 0.1) is 13.2 Å². The quantitative estimate of drug-likeness (QED) is 0.459. The van der Waals surface area contributed by atoms with Crippen LogP contribution in [0, 0.1) is 0 Å². The summed E-state index contributed by atoms with van der Waals surface area (Å²) in [6.07, 6.45) is 2.45. The van der Waals surface area contributed by atoms with Crippen LogP contribution in [0.4, 0.5) is 0 Å². The van der Waals surface area contributed by atoms with E-state index in [-0.39, 0.29) is 24.0 Å². The van der Waals surface area contributed by atoms with Crippen molar-refractivity contribution in [3.63, 3.8) is 0 Å². The number of carbonyl (C=O) groups excluding carboxylic acids is 1. The van der Waals surface area contributed by atoms with Crippen molar-refractivity contribution in [2.75, 3.05) is 39.8 Å². The molecular formula is C22H37N5O2. The lowest BCUT2D eigenvalue weighted by Crippen LogP contribution is -2.44. The van der Waals surface area contributed by atoms with E-state index in [0.717, 1.165) is 25.4 Å². The Morgan fingerprint density at radius 3 is 2.59 bits per heavy atom. The zero-order valence-corrected chi connectivity index (χ0v) is 18.5. The Bertz CT molecular complexity index is 678. The van der Waals surface area contributed by atoms with Gasteiger partial charge in [-0.25, -0.2) is 4.99 Å². The molecule has 1 aliphatic heterocycles. The summed E-state index contributed by atoms with van der Waals surface area (Å²) in [6.45, 7) is 11.6. The minimum absolute atomic E-state index is 0.0846. The molecule has 0 spiro atoms. The smallest absolute Gasteiger partial charge is 0.242 e. The van der Waals surface area contributed by atoms with Crippen LogP contribution in [0.5, 0.6) is 5.75 Å². The molecule has 162 valence electrons. The first-order chi connectivity index (χ1) is 13.8. The Labute approximate surface area is 175 Å². The predicted molar refractivity (Wildman–Crippen MR) is 118 cm³/mol. The van der Waals surface area contributed by atoms with Crippen LogP contribution < -0.4 is 20.7 Å². The normalized spacial score (nSPS) is 16.4. The molecule has 1 aliphatic rings. The van der Waals surface area contributed by atoms with E-state index in [1.54, 1.807) is 7.11 Å². The Balaban J connectivity index is 2.07. The number of rotatable bonds is 8. The maximum absolute atomic E-state index is 12.1. The number of nitrogens with one attached hydrogen (secondary N) is 3. The van der Waals surface area contributed by atoms with Gasteiger partial charge >= 0.3 is 0 Å². The van der Waals surface area contributed by atoms with Crippen molar-refractivity contribution < 1.29 is 9.53 Å². The highest BCUT2D eigenvalue weighted by Gasteiger charge is 2.24. The van der Waals surface area contributed by atoms with Crippen molar-refractivity contribution in [3.05, 3.63) is 29.8 Å². The third-order valence-electron chi connectivity index (χ3n) is 4.76. The summed E-state index contributed by atoms with van der Waals surface area (Å²) in [6, 6.07) is 8.48. The minimum Gasteiger partial charge on any atom is -0.497 e. The number of carbonyl (C=O) groups is 1. The van der Waals surface area contributed by atoms with Crippen molar-refractivity contribution in [2.24, 2.45) is 4.99 Å². The van der Waals surface area contributed by atoms with E-state index in [0.29, 0.717) is 12.5 Å². The molecule has 1 fully saturated rings. The number of hydrogen-bond donors (Lipinski definition) is 3. The fourth-order valence-electron chi connectivity index (χ4n) is 3.50. The number of benzene rings is 1. The summed E-state index contributed by atoms with van der Waals surface area (Å²) >= 11 is 0. The van der Waals surface area contributed by atoms with Gasteiger partial charge in [0.1, 0.15) is 12.3 Å². The van der Waals surface area contributed by atoms with E-state index in [4.69, 9.17) is 4.74 Å². The molecule has 0 radical (unpaired) electrons. The number of hydrogen-bond acceptors (Lipinski definition) is 4. The molecule has 3 N–H and O–H groups in total. The summed E-state index contributed by atoms with van der Waals surface area (Å²) < 4.78 is 5.42. The first-order valence-electron chi connectivity index (χ1n) is 10.5. The van der Waals surface area contributed by atoms with Gasteiger partial charge in [0.2, 0.25) is 5.91 Å². The topological polar surface area (TPSA) is 78.0 Å². The molecule has 1 aromatic rings. The summed E-state index contributed by atoms with van der Waals surface area (Å²) in [5, 5.41) is 9.61. The van der Waals surface area contributed by atoms with Gasteiger partial charge in [0.25, 0.3) is 0 Å². The molecule has 1 unspecified atom stereocenters. The molecule has 0 aliphatic carbocycles. The van der Waals surface area contributed by atoms with Crippen LogP contribution in [0.25, 0.3) is 0 Å². The molecule has 1 atom stereocenters. The van der Waals surface area contributed by atoms with Crippen LogP contribution in [0.3, 0.4) is 0 Å². The Morgan fingerprint density at radius 1 is 1.24 bits per heavy atom. The predicted octanol–water partition coefficient (Wildman–Crippen LogP) is 2.30. The van der Waals surface area contributed by atoms with E-state index in [2.05, 4.69) is 38.0 Å². The van der Waals surface area contributed by atoms with E-state index < -0.39 is 0 Å². The standard InChI is InChI=1S/C22H37N5O2/c1-6-23-21(25-16-20(28)26-22(2,3)4)24-15-19(27-12-7-8-13-27)17-10-9-11-18(14-17)29-5/h9-11,14,19H,6-8,12-13,15-16H2,1-5H3,(H,26,28)(H2,23,24,25). The number of nitrogens with zero attached hydrogens (tertiary/aromatic N) is 2. The number of methoxy groups -OCH3 is 1. The van der Waals surface area contributed by atoms with Crippen LogP contribution in [0.2, 0.25) is 0 Å². The molecule has 7 nitrogen and oxygen atoms in total. The summed E-state index contributed by atoms with van der Waals surface area (Å²) in [7, 11) is 1.70. The fourth-order valence-corrected chi connectivity index (χ4v) is 3.50. The van der Waals surface area contributed by atoms with E-state index in [1.165, 1.54) is 18.4 Å². The maximum atomic E-state index is 12.1. The molecule has 0 aromatic heterocycles. The molecule has 1 amide bonds. The molecule has 0 bridgehead atoms. The van der Waals surface area contributed by atoms with E-state index >= 15 is 0 Å². The molecular weight excluding hydrogens is 366 g/mol. The number of guanidine groups is 1. The third-order valence-corrected chi connectivity index (χ3v) is 4.76. The zero-order valence-electron chi connectivity index (χ0n) is 18.5. The Morgan fingerprint density at radius 2 is 1.97 bits per heavy atom. The van der Waals surface area contributed by atoms with Crippen molar-refractivity contribution >= 4 is 11.9 Å². The van der Waals surface area contributed by atoms with Crippen LogP contribution in [0.1, 0.15) is 52.1 Å². The Kier molecular flexibility index (Phi) is 8.76. The second-order valence-electron chi connectivity index (χ2n) is 8.41. The maximum Gasteiger partial charge on any atom is 0.242 e. The summed E-state index contributed by atoms with van der Waals surface area (Å²) in [5.74, 6) is 1.44. The third kappa shape index (κ3) is 7.93. The number of amides is 1. The fraction of sp³-hybridized carbons (Fsp3) is 0.636. The van der Waals surface area contributed by atoms with Gasteiger partial charge in [-0.2, -0.15) is 0 Å². The minimum atomic E-state index is -0.258. The van der Waals surface area contributed by atoms with Gasteiger partial charge < -0.3 is 20.7 Å². The lowest BCUT2D eigenvalue weighted by Gasteiger charge is -2.29. The molecule has 7 heteroatoms. The first kappa shape index (κ1) is 23.0. The number of ether oxygens (including phenoxy) is 1. The number of aliphatic imine (C=N–C) groups is 1. The molecule has 2 rings (SSSR count). The summed E-state index contributed by atoms with van der Waals surface area (Å²) in [5.41, 5.74) is 0.964.